The molecule has 9 aromatic carbocycles. The van der Waals surface area contributed by atoms with Crippen molar-refractivity contribution in [2.45, 2.75) is 0 Å². The minimum Gasteiger partial charge on any atom is -0.456 e. The van der Waals surface area contributed by atoms with Crippen molar-refractivity contribution in [3.8, 4) is 11.1 Å². The van der Waals surface area contributed by atoms with Crippen LogP contribution in [0.1, 0.15) is 0 Å². The molecular formula is C52H34N2OS. The van der Waals surface area contributed by atoms with Crippen molar-refractivity contribution in [3.63, 3.8) is 0 Å². The van der Waals surface area contributed by atoms with Crippen LogP contribution in [0.3, 0.4) is 0 Å². The van der Waals surface area contributed by atoms with Gasteiger partial charge in [-0.15, -0.1) is 11.3 Å². The second-order valence-corrected chi connectivity index (χ2v) is 15.2. The summed E-state index contributed by atoms with van der Waals surface area (Å²) in [5.41, 5.74) is 10.8. The largest absolute Gasteiger partial charge is 0.456 e. The summed E-state index contributed by atoms with van der Waals surface area (Å²) >= 11 is 1.85. The number of nitrogens with zero attached hydrogens (tertiary/aromatic N) is 2. The summed E-state index contributed by atoms with van der Waals surface area (Å²) in [6.07, 6.45) is 0. The second kappa shape index (κ2) is 13.3. The van der Waals surface area contributed by atoms with Gasteiger partial charge in [0.2, 0.25) is 0 Å². The molecule has 0 aliphatic rings. The monoisotopic (exact) mass is 734 g/mol. The first-order valence-corrected chi connectivity index (χ1v) is 19.7. The van der Waals surface area contributed by atoms with E-state index in [0.717, 1.165) is 56.1 Å². The van der Waals surface area contributed by atoms with E-state index in [1.54, 1.807) is 0 Å². The van der Waals surface area contributed by atoms with Gasteiger partial charge in [-0.05, 0) is 101 Å². The molecule has 0 atom stereocenters. The second-order valence-electron chi connectivity index (χ2n) is 14.1. The number of hydrogen-bond acceptors (Lipinski definition) is 4. The molecule has 0 fully saturated rings. The maximum Gasteiger partial charge on any atom is 0.135 e. The number of furan rings is 1. The Morgan fingerprint density at radius 2 is 0.875 bits per heavy atom. The van der Waals surface area contributed by atoms with Crippen molar-refractivity contribution < 1.29 is 4.42 Å². The van der Waals surface area contributed by atoms with E-state index in [1.807, 2.05) is 23.5 Å². The van der Waals surface area contributed by atoms with Gasteiger partial charge in [0.15, 0.2) is 0 Å². The molecule has 0 saturated carbocycles. The van der Waals surface area contributed by atoms with Gasteiger partial charge in [-0.1, -0.05) is 121 Å². The zero-order valence-electron chi connectivity index (χ0n) is 30.3. The molecule has 11 aromatic rings. The highest BCUT2D eigenvalue weighted by Gasteiger charge is 2.20. The van der Waals surface area contributed by atoms with Gasteiger partial charge in [-0.2, -0.15) is 0 Å². The molecule has 264 valence electrons. The third-order valence-electron chi connectivity index (χ3n) is 10.8. The van der Waals surface area contributed by atoms with Crippen LogP contribution in [0.25, 0.3) is 64.0 Å². The van der Waals surface area contributed by atoms with E-state index in [0.29, 0.717) is 0 Å². The lowest BCUT2D eigenvalue weighted by molar-refractivity contribution is 0.669. The Labute approximate surface area is 328 Å². The van der Waals surface area contributed by atoms with E-state index >= 15 is 0 Å². The highest BCUT2D eigenvalue weighted by molar-refractivity contribution is 7.25. The zero-order valence-corrected chi connectivity index (χ0v) is 31.2. The van der Waals surface area contributed by atoms with Crippen LogP contribution < -0.4 is 9.80 Å². The van der Waals surface area contributed by atoms with Crippen LogP contribution in [0.5, 0.6) is 0 Å². The number of hydrogen-bond donors (Lipinski definition) is 0. The molecule has 0 amide bonds. The van der Waals surface area contributed by atoms with Crippen molar-refractivity contribution in [2.75, 3.05) is 9.80 Å². The van der Waals surface area contributed by atoms with Gasteiger partial charge in [0, 0.05) is 64.8 Å². The molecule has 0 spiro atoms. The van der Waals surface area contributed by atoms with Crippen molar-refractivity contribution in [3.05, 3.63) is 206 Å². The summed E-state index contributed by atoms with van der Waals surface area (Å²) in [6.45, 7) is 0. The lowest BCUT2D eigenvalue weighted by Gasteiger charge is -2.28. The van der Waals surface area contributed by atoms with Crippen LogP contribution in [0, 0.1) is 0 Å². The van der Waals surface area contributed by atoms with Crippen LogP contribution in [-0.4, -0.2) is 0 Å². The van der Waals surface area contributed by atoms with Crippen LogP contribution in [0.15, 0.2) is 211 Å². The van der Waals surface area contributed by atoms with Crippen LogP contribution >= 0.6 is 11.3 Å². The van der Waals surface area contributed by atoms with E-state index in [1.165, 1.54) is 42.1 Å². The number of fused-ring (bicyclic) bond motifs is 7. The quantitative estimate of drug-likeness (QED) is 0.163. The number of rotatable bonds is 7. The molecular weight excluding hydrogens is 701 g/mol. The summed E-state index contributed by atoms with van der Waals surface area (Å²) in [4.78, 5) is 4.72. The van der Waals surface area contributed by atoms with E-state index < -0.39 is 0 Å². The maximum atomic E-state index is 6.21. The minimum absolute atomic E-state index is 0.887. The van der Waals surface area contributed by atoms with E-state index in [-0.39, 0.29) is 0 Å². The zero-order chi connectivity index (χ0) is 37.0. The fourth-order valence-electron chi connectivity index (χ4n) is 8.26. The predicted octanol–water partition coefficient (Wildman–Crippen LogP) is 15.7. The fourth-order valence-corrected chi connectivity index (χ4v) is 9.39. The highest BCUT2D eigenvalue weighted by atomic mass is 32.1. The summed E-state index contributed by atoms with van der Waals surface area (Å²) in [5.74, 6) is 0. The number of para-hydroxylation sites is 3. The van der Waals surface area contributed by atoms with Gasteiger partial charge in [-0.3, -0.25) is 0 Å². The van der Waals surface area contributed by atoms with Crippen LogP contribution in [-0.2, 0) is 0 Å². The van der Waals surface area contributed by atoms with Crippen LogP contribution in [0.2, 0.25) is 0 Å². The van der Waals surface area contributed by atoms with Gasteiger partial charge < -0.3 is 14.2 Å². The highest BCUT2D eigenvalue weighted by Crippen LogP contribution is 2.45. The summed E-state index contributed by atoms with van der Waals surface area (Å²) < 4.78 is 8.81. The molecule has 0 saturated heterocycles. The number of benzene rings is 9. The molecule has 0 N–H and O–H groups in total. The molecule has 0 unspecified atom stereocenters. The smallest absolute Gasteiger partial charge is 0.135 e. The van der Waals surface area contributed by atoms with Gasteiger partial charge in [-0.25, -0.2) is 0 Å². The Kier molecular flexibility index (Phi) is 7.68. The van der Waals surface area contributed by atoms with Crippen LogP contribution in [0.4, 0.5) is 34.1 Å². The lowest BCUT2D eigenvalue weighted by Crippen LogP contribution is -2.10. The van der Waals surface area contributed by atoms with Gasteiger partial charge in [0.25, 0.3) is 0 Å². The Morgan fingerprint density at radius 1 is 0.321 bits per heavy atom. The number of anilines is 6. The first kappa shape index (κ1) is 32.3. The Bertz CT molecular complexity index is 3200. The van der Waals surface area contributed by atoms with Crippen molar-refractivity contribution in [1.82, 2.24) is 0 Å². The molecule has 11 rings (SSSR count). The third-order valence-corrected chi connectivity index (χ3v) is 12.0. The molecule has 0 radical (unpaired) electrons. The van der Waals surface area contributed by atoms with E-state index in [4.69, 9.17) is 4.42 Å². The van der Waals surface area contributed by atoms with Crippen molar-refractivity contribution >= 4 is 98.3 Å². The molecule has 2 aromatic heterocycles. The molecule has 2 heterocycles. The Hall–Kier alpha value is -7.14. The van der Waals surface area contributed by atoms with E-state index in [2.05, 4.69) is 204 Å². The van der Waals surface area contributed by atoms with E-state index in [9.17, 15) is 0 Å². The normalized spacial score (nSPS) is 11.6. The SMILES string of the molecule is c1ccc(N(c2ccc(-c3ccc(N(c4ccccc4)c4ccc5oc6ccccc6c5c4)c4ccccc34)cc2)c2ccc3c(c2)sc2ccccc23)cc1. The Balaban J connectivity index is 1.01. The standard InChI is InChI=1S/C52H34N2OS/c1-3-13-36(14-4-1)53(40-27-29-46-45-20-10-12-22-51(45)56-52(46)34-40)38-25-23-35(24-26-38)41-30-31-48(43-18-8-7-17-42(41)43)54(37-15-5-2-6-16-37)39-28-32-50-47(33-39)44-19-9-11-21-49(44)55-50/h1-34H. The minimum atomic E-state index is 0.887. The summed E-state index contributed by atoms with van der Waals surface area (Å²) in [7, 11) is 0. The average molecular weight is 735 g/mol. The van der Waals surface area contributed by atoms with Crippen molar-refractivity contribution in [1.29, 1.82) is 0 Å². The summed E-state index contributed by atoms with van der Waals surface area (Å²) in [5, 5.41) is 7.21. The van der Waals surface area contributed by atoms with Gasteiger partial charge in [0.1, 0.15) is 11.2 Å². The first-order valence-electron chi connectivity index (χ1n) is 18.9. The van der Waals surface area contributed by atoms with Gasteiger partial charge in [0.05, 0.1) is 5.69 Å². The molecule has 4 heteroatoms. The molecule has 56 heavy (non-hydrogen) atoms. The van der Waals surface area contributed by atoms with Crippen molar-refractivity contribution in [2.24, 2.45) is 0 Å². The Morgan fingerprint density at radius 3 is 1.66 bits per heavy atom. The first-order chi connectivity index (χ1) is 27.8. The lowest BCUT2D eigenvalue weighted by atomic mass is 9.96. The molecule has 0 aliphatic carbocycles. The predicted molar refractivity (Wildman–Crippen MR) is 239 cm³/mol. The molecule has 0 aliphatic heterocycles. The average Bonchev–Trinajstić information content (AvgIpc) is 3.83. The fraction of sp³-hybridized carbons (Fsp3) is 0. The number of thiophene rings is 1. The third kappa shape index (κ3) is 5.42. The van der Waals surface area contributed by atoms with Gasteiger partial charge >= 0.3 is 0 Å². The maximum absolute atomic E-state index is 6.21. The topological polar surface area (TPSA) is 19.6 Å². The molecule has 3 nitrogen and oxygen atoms in total. The molecule has 0 bridgehead atoms. The summed E-state index contributed by atoms with van der Waals surface area (Å²) in [6, 6.07) is 73.9.